The van der Waals surface area contributed by atoms with E-state index in [4.69, 9.17) is 9.47 Å². The lowest BCUT2D eigenvalue weighted by Crippen LogP contribution is -2.60. The second kappa shape index (κ2) is 48.3. The number of aliphatic hydroxyl groups excluding tert-OH is 5. The lowest BCUT2D eigenvalue weighted by molar-refractivity contribution is -0.302. The van der Waals surface area contributed by atoms with Crippen LogP contribution in [0.1, 0.15) is 284 Å². The van der Waals surface area contributed by atoms with Crippen LogP contribution in [-0.2, 0) is 14.3 Å². The Morgan fingerprint density at radius 1 is 0.507 bits per heavy atom. The topological polar surface area (TPSA) is 149 Å². The first-order valence-electron chi connectivity index (χ1n) is 29.0. The third kappa shape index (κ3) is 38.1. The Hall–Kier alpha value is -1.33. The second-order valence-corrected chi connectivity index (χ2v) is 20.4. The number of amides is 1. The first-order chi connectivity index (χ1) is 32.8. The van der Waals surface area contributed by atoms with Gasteiger partial charge in [-0.05, 0) is 44.9 Å². The second-order valence-electron chi connectivity index (χ2n) is 20.4. The summed E-state index contributed by atoms with van der Waals surface area (Å²) in [6.07, 6.45) is 53.5. The zero-order valence-corrected chi connectivity index (χ0v) is 43.9. The average Bonchev–Trinajstić information content (AvgIpc) is 3.33. The molecule has 0 radical (unpaired) electrons. The summed E-state index contributed by atoms with van der Waals surface area (Å²) < 4.78 is 11.3. The van der Waals surface area contributed by atoms with E-state index in [0.29, 0.717) is 12.8 Å². The van der Waals surface area contributed by atoms with Crippen molar-refractivity contribution in [2.75, 3.05) is 13.2 Å². The van der Waals surface area contributed by atoms with E-state index in [2.05, 4.69) is 43.5 Å². The molecule has 0 aromatic carbocycles. The number of unbranched alkanes of at least 4 members (excludes halogenated alkanes) is 36. The van der Waals surface area contributed by atoms with Crippen molar-refractivity contribution in [2.24, 2.45) is 0 Å². The van der Waals surface area contributed by atoms with Crippen LogP contribution in [0.15, 0.2) is 24.3 Å². The van der Waals surface area contributed by atoms with Crippen LogP contribution in [0.5, 0.6) is 0 Å². The van der Waals surface area contributed by atoms with Crippen molar-refractivity contribution in [2.45, 2.75) is 326 Å². The molecule has 9 heteroatoms. The molecule has 0 spiro atoms. The first kappa shape index (κ1) is 63.7. The molecule has 1 aliphatic heterocycles. The van der Waals surface area contributed by atoms with Crippen molar-refractivity contribution in [3.8, 4) is 0 Å². The van der Waals surface area contributed by atoms with E-state index in [9.17, 15) is 30.3 Å². The Bertz CT molecular complexity index is 1100. The van der Waals surface area contributed by atoms with Gasteiger partial charge in [0, 0.05) is 6.42 Å². The predicted octanol–water partition coefficient (Wildman–Crippen LogP) is 14.2. The summed E-state index contributed by atoms with van der Waals surface area (Å²) in [7, 11) is 0. The van der Waals surface area contributed by atoms with Crippen LogP contribution >= 0.6 is 0 Å². The molecule has 0 aromatic rings. The summed E-state index contributed by atoms with van der Waals surface area (Å²) in [6, 6.07) is -0.722. The summed E-state index contributed by atoms with van der Waals surface area (Å²) in [6.45, 7) is 3.84. The number of aliphatic hydroxyl groups is 5. The molecule has 1 aliphatic rings. The van der Waals surface area contributed by atoms with Crippen LogP contribution in [0.2, 0.25) is 0 Å². The molecule has 67 heavy (non-hydrogen) atoms. The quantitative estimate of drug-likeness (QED) is 0.0261. The van der Waals surface area contributed by atoms with Crippen LogP contribution in [0.4, 0.5) is 0 Å². The molecule has 1 amide bonds. The number of carbonyl (C=O) groups excluding carboxylic acids is 1. The Morgan fingerprint density at radius 2 is 0.881 bits per heavy atom. The highest BCUT2D eigenvalue weighted by molar-refractivity contribution is 5.76. The Balaban J connectivity index is 2.18. The number of nitrogens with one attached hydrogen (secondary N) is 1. The third-order valence-corrected chi connectivity index (χ3v) is 14.1. The smallest absolute Gasteiger partial charge is 0.220 e. The highest BCUT2D eigenvalue weighted by Gasteiger charge is 2.44. The summed E-state index contributed by atoms with van der Waals surface area (Å²) in [5.41, 5.74) is 0. The summed E-state index contributed by atoms with van der Waals surface area (Å²) in [5, 5.41) is 54.7. The highest BCUT2D eigenvalue weighted by atomic mass is 16.7. The Kier molecular flexibility index (Phi) is 45.9. The maximum atomic E-state index is 13.1. The van der Waals surface area contributed by atoms with Crippen molar-refractivity contribution >= 4 is 5.91 Å². The molecule has 1 fully saturated rings. The minimum Gasteiger partial charge on any atom is -0.394 e. The van der Waals surface area contributed by atoms with Gasteiger partial charge in [-0.15, -0.1) is 0 Å². The fourth-order valence-electron chi connectivity index (χ4n) is 9.43. The van der Waals surface area contributed by atoms with Gasteiger partial charge in [0.2, 0.25) is 5.91 Å². The molecular formula is C58H111NO8. The summed E-state index contributed by atoms with van der Waals surface area (Å²) in [5.74, 6) is -0.149. The number of carbonyl (C=O) groups is 1. The van der Waals surface area contributed by atoms with Gasteiger partial charge in [0.05, 0.1) is 25.4 Å². The molecule has 1 saturated heterocycles. The van der Waals surface area contributed by atoms with Crippen LogP contribution in [0.3, 0.4) is 0 Å². The van der Waals surface area contributed by atoms with Crippen molar-refractivity contribution in [3.05, 3.63) is 24.3 Å². The maximum absolute atomic E-state index is 13.1. The molecule has 9 nitrogen and oxygen atoms in total. The third-order valence-electron chi connectivity index (χ3n) is 14.1. The minimum atomic E-state index is -1.55. The van der Waals surface area contributed by atoms with Gasteiger partial charge < -0.3 is 40.3 Å². The molecule has 1 heterocycles. The van der Waals surface area contributed by atoms with E-state index >= 15 is 0 Å². The van der Waals surface area contributed by atoms with Crippen molar-refractivity contribution in [1.29, 1.82) is 0 Å². The maximum Gasteiger partial charge on any atom is 0.220 e. The Morgan fingerprint density at radius 3 is 1.31 bits per heavy atom. The van der Waals surface area contributed by atoms with Gasteiger partial charge in [-0.1, -0.05) is 256 Å². The van der Waals surface area contributed by atoms with Crippen LogP contribution < -0.4 is 5.32 Å². The molecule has 1 rings (SSSR count). The molecule has 0 saturated carbocycles. The van der Waals surface area contributed by atoms with E-state index in [-0.39, 0.29) is 12.5 Å². The van der Waals surface area contributed by atoms with Gasteiger partial charge in [0.1, 0.15) is 24.4 Å². The van der Waals surface area contributed by atoms with Crippen molar-refractivity contribution in [1.82, 2.24) is 5.32 Å². The molecule has 7 unspecified atom stereocenters. The zero-order chi connectivity index (χ0) is 48.7. The van der Waals surface area contributed by atoms with E-state index < -0.39 is 49.5 Å². The van der Waals surface area contributed by atoms with Crippen molar-refractivity contribution < 1.29 is 39.8 Å². The molecule has 7 atom stereocenters. The molecular weight excluding hydrogens is 839 g/mol. The normalized spacial score (nSPS) is 19.8. The fraction of sp³-hybridized carbons (Fsp3) is 0.914. The number of hydrogen-bond acceptors (Lipinski definition) is 8. The summed E-state index contributed by atoms with van der Waals surface area (Å²) in [4.78, 5) is 13.1. The monoisotopic (exact) mass is 950 g/mol. The largest absolute Gasteiger partial charge is 0.394 e. The predicted molar refractivity (Wildman–Crippen MR) is 281 cm³/mol. The minimum absolute atomic E-state index is 0.139. The van der Waals surface area contributed by atoms with Crippen LogP contribution in [0, 0.1) is 0 Å². The number of ether oxygens (including phenoxy) is 2. The van der Waals surface area contributed by atoms with E-state index in [1.165, 1.54) is 205 Å². The average molecular weight is 951 g/mol. The van der Waals surface area contributed by atoms with Gasteiger partial charge in [0.15, 0.2) is 6.29 Å². The van der Waals surface area contributed by atoms with Gasteiger partial charge in [0.25, 0.3) is 0 Å². The molecule has 0 aromatic heterocycles. The van der Waals surface area contributed by atoms with Crippen molar-refractivity contribution in [3.63, 3.8) is 0 Å². The lowest BCUT2D eigenvalue weighted by atomic mass is 9.99. The van der Waals surface area contributed by atoms with Gasteiger partial charge in [-0.3, -0.25) is 4.79 Å². The number of allylic oxidation sites excluding steroid dienone is 4. The molecule has 396 valence electrons. The highest BCUT2D eigenvalue weighted by Crippen LogP contribution is 2.23. The lowest BCUT2D eigenvalue weighted by Gasteiger charge is -2.40. The van der Waals surface area contributed by atoms with Gasteiger partial charge >= 0.3 is 0 Å². The zero-order valence-electron chi connectivity index (χ0n) is 43.9. The van der Waals surface area contributed by atoms with Crippen LogP contribution in [0.25, 0.3) is 0 Å². The molecule has 0 bridgehead atoms. The van der Waals surface area contributed by atoms with E-state index in [1.807, 2.05) is 0 Å². The first-order valence-corrected chi connectivity index (χ1v) is 29.0. The standard InChI is InChI=1S/C58H111NO8/c1-3-5-7-9-11-13-15-17-19-21-22-23-24-25-26-27-28-29-30-32-33-35-37-39-41-43-45-47-52(61)51(50-66-58-57(65)56(64)55(63)53(49-60)67-58)59-54(62)48-46-44-42-40-38-36-34-31-20-18-16-14-12-10-8-6-4-2/h12,14,18,20,51-53,55-58,60-61,63-65H,3-11,13,15-17,19,21-50H2,1-2H3,(H,59,62)/b14-12-,20-18-. The van der Waals surface area contributed by atoms with E-state index in [1.54, 1.807) is 0 Å². The number of hydrogen-bond donors (Lipinski definition) is 6. The van der Waals surface area contributed by atoms with E-state index in [0.717, 1.165) is 51.4 Å². The van der Waals surface area contributed by atoms with Crippen LogP contribution in [-0.4, -0.2) is 87.5 Å². The van der Waals surface area contributed by atoms with Gasteiger partial charge in [-0.2, -0.15) is 0 Å². The van der Waals surface area contributed by atoms with Gasteiger partial charge in [-0.25, -0.2) is 0 Å². The number of rotatable bonds is 50. The SMILES string of the molecule is CCCCC/C=C\C/C=C\CCCCCCCCCC(=O)NC(COC1OC(CO)C(O)C(O)C1O)C(O)CCCCCCCCCCCCCCCCCCCCCCCCCCCCC. The fourth-order valence-corrected chi connectivity index (χ4v) is 9.43. The molecule has 0 aliphatic carbocycles. The molecule has 6 N–H and O–H groups in total. The summed E-state index contributed by atoms with van der Waals surface area (Å²) >= 11 is 0. The Labute approximate surface area is 413 Å².